The molecule has 0 unspecified atom stereocenters. The summed E-state index contributed by atoms with van der Waals surface area (Å²) in [5.74, 6) is 0.0706. The number of rotatable bonds is 3. The largest absolute Gasteiger partial charge is 0.337 e. The summed E-state index contributed by atoms with van der Waals surface area (Å²) in [4.78, 5) is 30.0. The normalized spacial score (nSPS) is 24.5. The highest BCUT2D eigenvalue weighted by atomic mass is 16.2. The molecular weight excluding hydrogens is 316 g/mol. The van der Waals surface area contributed by atoms with Crippen molar-refractivity contribution in [2.45, 2.75) is 44.3 Å². The average Bonchev–Trinajstić information content (AvgIpc) is 3.30. The van der Waals surface area contributed by atoms with Crippen molar-refractivity contribution in [1.82, 2.24) is 18.9 Å². The van der Waals surface area contributed by atoms with Crippen LogP contribution in [-0.4, -0.2) is 57.1 Å². The van der Waals surface area contributed by atoms with Crippen molar-refractivity contribution < 1.29 is 4.79 Å². The summed E-state index contributed by atoms with van der Waals surface area (Å²) in [6.07, 6.45) is 4.51. The Hall–Kier alpha value is -2.08. The number of para-hydroxylation sites is 2. The van der Waals surface area contributed by atoms with Crippen LogP contribution in [0.2, 0.25) is 0 Å². The maximum atomic E-state index is 13.0. The molecule has 6 nitrogen and oxygen atoms in total. The number of imidazole rings is 1. The van der Waals surface area contributed by atoms with Crippen LogP contribution in [0.3, 0.4) is 0 Å². The molecule has 0 N–H and O–H groups in total. The molecule has 1 aromatic carbocycles. The van der Waals surface area contributed by atoms with E-state index in [9.17, 15) is 9.59 Å². The van der Waals surface area contributed by atoms with Crippen LogP contribution >= 0.6 is 0 Å². The Morgan fingerprint density at radius 3 is 2.44 bits per heavy atom. The van der Waals surface area contributed by atoms with Crippen molar-refractivity contribution in [2.75, 3.05) is 20.1 Å². The Bertz CT molecular complexity index is 853. The van der Waals surface area contributed by atoms with Gasteiger partial charge in [0.25, 0.3) is 0 Å². The minimum absolute atomic E-state index is 0.0706. The van der Waals surface area contributed by atoms with E-state index in [0.717, 1.165) is 37.0 Å². The smallest absolute Gasteiger partial charge is 0.329 e. The highest BCUT2D eigenvalue weighted by Crippen LogP contribution is 2.29. The molecule has 2 fully saturated rings. The lowest BCUT2D eigenvalue weighted by Crippen LogP contribution is -2.48. The number of hydrogen-bond donors (Lipinski definition) is 0. The number of benzene rings is 1. The predicted octanol–water partition coefficient (Wildman–Crippen LogP) is 1.43. The zero-order valence-corrected chi connectivity index (χ0v) is 15.0. The molecule has 0 spiro atoms. The lowest BCUT2D eigenvalue weighted by atomic mass is 10.0. The third-order valence-corrected chi connectivity index (χ3v) is 5.99. The fourth-order valence-electron chi connectivity index (χ4n) is 4.67. The van der Waals surface area contributed by atoms with Gasteiger partial charge < -0.3 is 9.80 Å². The number of likely N-dealkylation sites (tertiary alicyclic amines) is 2. The minimum atomic E-state index is -0.122. The van der Waals surface area contributed by atoms with Gasteiger partial charge in [-0.25, -0.2) is 4.79 Å². The monoisotopic (exact) mass is 342 g/mol. The van der Waals surface area contributed by atoms with Crippen molar-refractivity contribution in [2.24, 2.45) is 7.05 Å². The summed E-state index contributed by atoms with van der Waals surface area (Å²) < 4.78 is 3.24. The van der Waals surface area contributed by atoms with Gasteiger partial charge in [-0.1, -0.05) is 12.1 Å². The summed E-state index contributed by atoms with van der Waals surface area (Å²) in [5.41, 5.74) is 1.58. The van der Waals surface area contributed by atoms with Gasteiger partial charge in [-0.15, -0.1) is 0 Å². The van der Waals surface area contributed by atoms with E-state index >= 15 is 0 Å². The van der Waals surface area contributed by atoms with Crippen LogP contribution in [0, 0.1) is 0 Å². The van der Waals surface area contributed by atoms with Gasteiger partial charge in [-0.2, -0.15) is 0 Å². The van der Waals surface area contributed by atoms with Crippen molar-refractivity contribution in [3.8, 4) is 0 Å². The van der Waals surface area contributed by atoms with Gasteiger partial charge in [-0.3, -0.25) is 13.9 Å². The van der Waals surface area contributed by atoms with Gasteiger partial charge in [0.1, 0.15) is 6.54 Å². The van der Waals surface area contributed by atoms with Gasteiger partial charge >= 0.3 is 5.69 Å². The summed E-state index contributed by atoms with van der Waals surface area (Å²) >= 11 is 0. The highest BCUT2D eigenvalue weighted by molar-refractivity contribution is 5.81. The quantitative estimate of drug-likeness (QED) is 0.848. The van der Waals surface area contributed by atoms with E-state index in [4.69, 9.17) is 0 Å². The second-order valence-corrected chi connectivity index (χ2v) is 7.40. The fourth-order valence-corrected chi connectivity index (χ4v) is 4.67. The number of fused-ring (bicyclic) bond motifs is 1. The van der Waals surface area contributed by atoms with Crippen LogP contribution in [0.5, 0.6) is 0 Å². The third-order valence-electron chi connectivity index (χ3n) is 5.99. The van der Waals surface area contributed by atoms with Crippen LogP contribution in [0.4, 0.5) is 0 Å². The number of carbonyl (C=O) groups excluding carboxylic acids is 1. The molecule has 25 heavy (non-hydrogen) atoms. The molecule has 2 aliphatic rings. The molecule has 2 aliphatic heterocycles. The molecular formula is C19H26N4O2. The van der Waals surface area contributed by atoms with Gasteiger partial charge in [0.2, 0.25) is 5.91 Å². The maximum Gasteiger partial charge on any atom is 0.329 e. The van der Waals surface area contributed by atoms with Gasteiger partial charge in [0.05, 0.1) is 11.0 Å². The van der Waals surface area contributed by atoms with Gasteiger partial charge in [0, 0.05) is 25.7 Å². The molecule has 2 atom stereocenters. The van der Waals surface area contributed by atoms with E-state index in [1.807, 2.05) is 29.2 Å². The molecule has 4 rings (SSSR count). The number of nitrogens with zero attached hydrogens (tertiary/aromatic N) is 4. The van der Waals surface area contributed by atoms with E-state index in [-0.39, 0.29) is 18.1 Å². The Balaban J connectivity index is 1.60. The summed E-state index contributed by atoms with van der Waals surface area (Å²) in [6, 6.07) is 8.43. The first-order valence-corrected chi connectivity index (χ1v) is 9.22. The van der Waals surface area contributed by atoms with Crippen LogP contribution < -0.4 is 5.69 Å². The Kier molecular flexibility index (Phi) is 4.15. The van der Waals surface area contributed by atoms with Gasteiger partial charge in [-0.05, 0) is 51.4 Å². The molecule has 0 bridgehead atoms. The molecule has 1 aromatic heterocycles. The number of carbonyl (C=O) groups is 1. The van der Waals surface area contributed by atoms with Crippen LogP contribution in [0.15, 0.2) is 29.1 Å². The van der Waals surface area contributed by atoms with Crippen molar-refractivity contribution in [1.29, 1.82) is 0 Å². The van der Waals surface area contributed by atoms with Crippen LogP contribution in [0.25, 0.3) is 11.0 Å². The molecule has 2 saturated heterocycles. The molecule has 0 aliphatic carbocycles. The summed E-state index contributed by atoms with van der Waals surface area (Å²) in [6.45, 7) is 2.06. The lowest BCUT2D eigenvalue weighted by molar-refractivity contribution is -0.133. The number of likely N-dealkylation sites (N-methyl/N-ethyl adjacent to an activating group) is 1. The van der Waals surface area contributed by atoms with E-state index in [1.165, 1.54) is 12.8 Å². The highest BCUT2D eigenvalue weighted by Gasteiger charge is 2.38. The predicted molar refractivity (Wildman–Crippen MR) is 97.6 cm³/mol. The first-order valence-electron chi connectivity index (χ1n) is 9.22. The summed E-state index contributed by atoms with van der Waals surface area (Å²) in [5, 5.41) is 0. The number of aromatic nitrogens is 2. The second kappa shape index (κ2) is 6.33. The molecule has 1 amide bonds. The lowest BCUT2D eigenvalue weighted by Gasteiger charge is -2.33. The van der Waals surface area contributed by atoms with Crippen LogP contribution in [0.1, 0.15) is 25.7 Å². The standard InChI is InChI=1S/C19H26N4O2/c1-20-11-5-9-14(20)16-10-6-12-22(16)18(24)13-23-17-8-4-3-7-15(17)21(2)19(23)25/h3-4,7-8,14,16H,5-6,9-13H2,1-2H3/t14-,16-/m0/s1. The van der Waals surface area contributed by atoms with Crippen molar-refractivity contribution in [3.05, 3.63) is 34.7 Å². The SMILES string of the molecule is CN1CCC[C@H]1[C@@H]1CCCN1C(=O)Cn1c(=O)n(C)c2ccccc21. The van der Waals surface area contributed by atoms with E-state index in [1.54, 1.807) is 16.2 Å². The van der Waals surface area contributed by atoms with Crippen molar-refractivity contribution >= 4 is 16.9 Å². The second-order valence-electron chi connectivity index (χ2n) is 7.40. The molecule has 134 valence electrons. The molecule has 3 heterocycles. The number of amides is 1. The first-order chi connectivity index (χ1) is 12.1. The average molecular weight is 342 g/mol. The Labute approximate surface area is 147 Å². The van der Waals surface area contributed by atoms with Crippen LogP contribution in [-0.2, 0) is 18.4 Å². The third kappa shape index (κ3) is 2.68. The van der Waals surface area contributed by atoms with Gasteiger partial charge in [0.15, 0.2) is 0 Å². The zero-order valence-electron chi connectivity index (χ0n) is 15.0. The van der Waals surface area contributed by atoms with Crippen molar-refractivity contribution in [3.63, 3.8) is 0 Å². The zero-order chi connectivity index (χ0) is 17.6. The molecule has 2 aromatic rings. The summed E-state index contributed by atoms with van der Waals surface area (Å²) in [7, 11) is 3.92. The first kappa shape index (κ1) is 16.4. The minimum Gasteiger partial charge on any atom is -0.337 e. The Morgan fingerprint density at radius 2 is 1.72 bits per heavy atom. The fraction of sp³-hybridized carbons (Fsp3) is 0.579. The van der Waals surface area contributed by atoms with E-state index in [2.05, 4.69) is 11.9 Å². The number of hydrogen-bond acceptors (Lipinski definition) is 3. The van der Waals surface area contributed by atoms with E-state index in [0.29, 0.717) is 12.1 Å². The Morgan fingerprint density at radius 1 is 1.04 bits per heavy atom. The topological polar surface area (TPSA) is 50.5 Å². The maximum absolute atomic E-state index is 13.0. The number of aryl methyl sites for hydroxylation is 1. The molecule has 6 heteroatoms. The molecule has 0 saturated carbocycles. The molecule has 0 radical (unpaired) electrons. The van der Waals surface area contributed by atoms with E-state index < -0.39 is 0 Å².